The predicted molar refractivity (Wildman–Crippen MR) is 71.3 cm³/mol. The molecule has 0 heterocycles. The molecule has 92 valence electrons. The number of benzene rings is 1. The lowest BCUT2D eigenvalue weighted by Crippen LogP contribution is -2.13. The highest BCUT2D eigenvalue weighted by Gasteiger charge is 2.22. The molecule has 1 nitrogen and oxygen atoms in total. The van der Waals surface area contributed by atoms with Gasteiger partial charge in [-0.15, -0.1) is 0 Å². The summed E-state index contributed by atoms with van der Waals surface area (Å²) in [6.07, 6.45) is 6.79. The maximum atomic E-state index is 10.5. The Hall–Kier alpha value is -1.11. The van der Waals surface area contributed by atoms with Gasteiger partial charge in [0.2, 0.25) is 0 Å². The van der Waals surface area contributed by atoms with Crippen molar-refractivity contribution in [3.8, 4) is 0 Å². The maximum Gasteiger partial charge on any atom is 0.120 e. The molecule has 0 bridgehead atoms. The topological polar surface area (TPSA) is 17.1 Å². The highest BCUT2D eigenvalue weighted by atomic mass is 16.1. The maximum absolute atomic E-state index is 10.5. The number of rotatable bonds is 3. The zero-order valence-electron chi connectivity index (χ0n) is 10.9. The molecule has 0 aliphatic heterocycles. The predicted octanol–water partition coefficient (Wildman–Crippen LogP) is 4.17. The molecule has 0 radical (unpaired) electrons. The van der Waals surface area contributed by atoms with Gasteiger partial charge in [0.15, 0.2) is 0 Å². The van der Waals surface area contributed by atoms with E-state index in [1.165, 1.54) is 42.4 Å². The Balaban J connectivity index is 2.00. The molecule has 0 unspecified atom stereocenters. The van der Waals surface area contributed by atoms with Gasteiger partial charge in [0, 0.05) is 6.42 Å². The molecule has 0 N–H and O–H groups in total. The average Bonchev–Trinajstić information content (AvgIpc) is 2.34. The molecule has 1 saturated carbocycles. The normalized spacial score (nSPS) is 24.6. The number of hydrogen-bond acceptors (Lipinski definition) is 1. The van der Waals surface area contributed by atoms with E-state index in [-0.39, 0.29) is 0 Å². The van der Waals surface area contributed by atoms with Crippen LogP contribution < -0.4 is 0 Å². The van der Waals surface area contributed by atoms with Crippen LogP contribution >= 0.6 is 0 Å². The third-order valence-electron chi connectivity index (χ3n) is 4.28. The first-order valence-corrected chi connectivity index (χ1v) is 6.71. The van der Waals surface area contributed by atoms with Crippen LogP contribution in [0.1, 0.15) is 54.7 Å². The summed E-state index contributed by atoms with van der Waals surface area (Å²) in [6, 6.07) is 6.87. The van der Waals surface area contributed by atoms with Crippen molar-refractivity contribution < 1.29 is 4.79 Å². The first kappa shape index (κ1) is 12.3. The Kier molecular flexibility index (Phi) is 3.98. The number of aryl methyl sites for hydroxylation is 2. The van der Waals surface area contributed by atoms with Crippen LogP contribution in [0.2, 0.25) is 0 Å². The Morgan fingerprint density at radius 1 is 1.12 bits per heavy atom. The van der Waals surface area contributed by atoms with E-state index in [0.29, 0.717) is 5.92 Å². The van der Waals surface area contributed by atoms with Crippen LogP contribution in [0.4, 0.5) is 0 Å². The van der Waals surface area contributed by atoms with Crippen molar-refractivity contribution in [1.29, 1.82) is 0 Å². The molecule has 0 atom stereocenters. The largest absolute Gasteiger partial charge is 0.303 e. The quantitative estimate of drug-likeness (QED) is 0.712. The lowest BCUT2D eigenvalue weighted by atomic mass is 9.77. The minimum Gasteiger partial charge on any atom is -0.303 e. The van der Waals surface area contributed by atoms with Gasteiger partial charge in [-0.05, 0) is 68.1 Å². The van der Waals surface area contributed by atoms with Gasteiger partial charge in [-0.3, -0.25) is 0 Å². The van der Waals surface area contributed by atoms with Gasteiger partial charge in [0.1, 0.15) is 6.29 Å². The van der Waals surface area contributed by atoms with Gasteiger partial charge in [-0.1, -0.05) is 18.2 Å². The molecule has 1 heteroatoms. The van der Waals surface area contributed by atoms with E-state index < -0.39 is 0 Å². The third kappa shape index (κ3) is 2.96. The molecule has 0 saturated heterocycles. The van der Waals surface area contributed by atoms with Crippen molar-refractivity contribution in [3.63, 3.8) is 0 Å². The van der Waals surface area contributed by atoms with Gasteiger partial charge in [-0.2, -0.15) is 0 Å². The van der Waals surface area contributed by atoms with Crippen LogP contribution in [0.25, 0.3) is 0 Å². The fraction of sp³-hybridized carbons (Fsp3) is 0.562. The molecule has 1 aromatic carbocycles. The molecule has 0 aromatic heterocycles. The van der Waals surface area contributed by atoms with E-state index in [9.17, 15) is 4.79 Å². The van der Waals surface area contributed by atoms with E-state index in [2.05, 4.69) is 32.0 Å². The standard InChI is InChI=1S/C16H22O/c1-12-3-6-16(11-13(12)2)15-7-4-14(5-8-15)9-10-17/h3,6,10-11,14-15H,4-5,7-9H2,1-2H3. The highest BCUT2D eigenvalue weighted by molar-refractivity contribution is 5.49. The number of carbonyl (C=O) groups excluding carboxylic acids is 1. The Morgan fingerprint density at radius 2 is 1.82 bits per heavy atom. The van der Waals surface area contributed by atoms with Crippen molar-refractivity contribution in [2.75, 3.05) is 0 Å². The second-order valence-corrected chi connectivity index (χ2v) is 5.46. The first-order chi connectivity index (χ1) is 8.20. The van der Waals surface area contributed by atoms with Crippen molar-refractivity contribution in [3.05, 3.63) is 34.9 Å². The monoisotopic (exact) mass is 230 g/mol. The second-order valence-electron chi connectivity index (χ2n) is 5.46. The summed E-state index contributed by atoms with van der Waals surface area (Å²) in [6.45, 7) is 4.36. The molecule has 1 aliphatic carbocycles. The third-order valence-corrected chi connectivity index (χ3v) is 4.28. The first-order valence-electron chi connectivity index (χ1n) is 6.71. The summed E-state index contributed by atoms with van der Waals surface area (Å²) in [5.41, 5.74) is 4.28. The lowest BCUT2D eigenvalue weighted by molar-refractivity contribution is -0.108. The van der Waals surface area contributed by atoms with Gasteiger partial charge in [0.25, 0.3) is 0 Å². The summed E-state index contributed by atoms with van der Waals surface area (Å²) in [5.74, 6) is 1.37. The van der Waals surface area contributed by atoms with Crippen molar-refractivity contribution in [2.24, 2.45) is 5.92 Å². The summed E-state index contributed by atoms with van der Waals surface area (Å²) >= 11 is 0. The van der Waals surface area contributed by atoms with Gasteiger partial charge >= 0.3 is 0 Å². The Morgan fingerprint density at radius 3 is 2.41 bits per heavy atom. The minimum absolute atomic E-state index is 0.648. The molecule has 1 fully saturated rings. The van der Waals surface area contributed by atoms with Crippen LogP contribution in [-0.4, -0.2) is 6.29 Å². The Labute approximate surface area is 104 Å². The molecular weight excluding hydrogens is 208 g/mol. The SMILES string of the molecule is Cc1ccc(C2CCC(CC=O)CC2)cc1C. The van der Waals surface area contributed by atoms with E-state index in [0.717, 1.165) is 18.6 Å². The van der Waals surface area contributed by atoms with Crippen molar-refractivity contribution in [2.45, 2.75) is 51.9 Å². The van der Waals surface area contributed by atoms with Crippen LogP contribution in [0.3, 0.4) is 0 Å². The molecule has 2 rings (SSSR count). The van der Waals surface area contributed by atoms with E-state index in [4.69, 9.17) is 0 Å². The molecule has 1 aromatic rings. The number of aldehydes is 1. The summed E-state index contributed by atoms with van der Waals surface area (Å²) in [4.78, 5) is 10.5. The fourth-order valence-corrected chi connectivity index (χ4v) is 2.89. The highest BCUT2D eigenvalue weighted by Crippen LogP contribution is 2.37. The van der Waals surface area contributed by atoms with Crippen LogP contribution in [-0.2, 0) is 4.79 Å². The van der Waals surface area contributed by atoms with Gasteiger partial charge in [0.05, 0.1) is 0 Å². The van der Waals surface area contributed by atoms with E-state index in [1.54, 1.807) is 0 Å². The summed E-state index contributed by atoms with van der Waals surface area (Å²) in [7, 11) is 0. The lowest BCUT2D eigenvalue weighted by Gasteiger charge is -2.28. The molecule has 0 amide bonds. The molecular formula is C16H22O. The molecule has 0 spiro atoms. The van der Waals surface area contributed by atoms with Crippen molar-refractivity contribution in [1.82, 2.24) is 0 Å². The number of carbonyl (C=O) groups is 1. The zero-order chi connectivity index (χ0) is 12.3. The summed E-state index contributed by atoms with van der Waals surface area (Å²) < 4.78 is 0. The van der Waals surface area contributed by atoms with Gasteiger partial charge < -0.3 is 4.79 Å². The average molecular weight is 230 g/mol. The zero-order valence-corrected chi connectivity index (χ0v) is 10.9. The smallest absolute Gasteiger partial charge is 0.120 e. The van der Waals surface area contributed by atoms with Crippen LogP contribution in [0.15, 0.2) is 18.2 Å². The van der Waals surface area contributed by atoms with E-state index in [1.807, 2.05) is 0 Å². The van der Waals surface area contributed by atoms with Crippen LogP contribution in [0.5, 0.6) is 0 Å². The Bertz CT molecular complexity index is 387. The molecule has 1 aliphatic rings. The van der Waals surface area contributed by atoms with Crippen LogP contribution in [0, 0.1) is 19.8 Å². The minimum atomic E-state index is 0.648. The molecule has 17 heavy (non-hydrogen) atoms. The summed E-state index contributed by atoms with van der Waals surface area (Å²) in [5, 5.41) is 0. The fourth-order valence-electron chi connectivity index (χ4n) is 2.89. The number of hydrogen-bond donors (Lipinski definition) is 0. The van der Waals surface area contributed by atoms with Gasteiger partial charge in [-0.25, -0.2) is 0 Å². The second kappa shape index (κ2) is 5.48. The van der Waals surface area contributed by atoms with E-state index >= 15 is 0 Å². The van der Waals surface area contributed by atoms with Crippen molar-refractivity contribution >= 4 is 6.29 Å².